The Kier molecular flexibility index (Phi) is 3.90. The maximum Gasteiger partial charge on any atom is 0.139 e. The van der Waals surface area contributed by atoms with Gasteiger partial charge >= 0.3 is 0 Å². The van der Waals surface area contributed by atoms with E-state index < -0.39 is 0 Å². The second-order valence-corrected chi connectivity index (χ2v) is 3.93. The summed E-state index contributed by atoms with van der Waals surface area (Å²) in [7, 11) is 0. The molecule has 0 aliphatic carbocycles. The van der Waals surface area contributed by atoms with Gasteiger partial charge in [0.15, 0.2) is 0 Å². The van der Waals surface area contributed by atoms with Gasteiger partial charge < -0.3 is 10.5 Å². The predicted octanol–water partition coefficient (Wildman–Crippen LogP) is 2.17. The second-order valence-electron chi connectivity index (χ2n) is 3.49. The van der Waals surface area contributed by atoms with Gasteiger partial charge in [0.2, 0.25) is 0 Å². The Labute approximate surface area is 104 Å². The molecule has 2 rings (SSSR count). The molecular formula is C12H12ClN3O. The number of ether oxygens (including phenoxy) is 1. The minimum absolute atomic E-state index is 0.382. The van der Waals surface area contributed by atoms with E-state index in [0.29, 0.717) is 23.9 Å². The van der Waals surface area contributed by atoms with Crippen molar-refractivity contribution in [2.75, 3.05) is 0 Å². The molecule has 0 amide bonds. The molecule has 17 heavy (non-hydrogen) atoms. The van der Waals surface area contributed by atoms with E-state index in [-0.39, 0.29) is 0 Å². The van der Waals surface area contributed by atoms with Crippen LogP contribution in [0.5, 0.6) is 5.75 Å². The molecule has 0 spiro atoms. The molecule has 2 N–H and O–H groups in total. The maximum absolute atomic E-state index is 5.79. The summed E-state index contributed by atoms with van der Waals surface area (Å²) in [5.41, 5.74) is 7.32. The summed E-state index contributed by atoms with van der Waals surface area (Å²) in [6.45, 7) is 0.874. The fraction of sp³-hybridized carbons (Fsp3) is 0.167. The van der Waals surface area contributed by atoms with Gasteiger partial charge in [0.25, 0.3) is 0 Å². The Bertz CT molecular complexity index is 487. The second kappa shape index (κ2) is 5.61. The highest BCUT2D eigenvalue weighted by molar-refractivity contribution is 6.30. The van der Waals surface area contributed by atoms with E-state index in [2.05, 4.69) is 9.97 Å². The molecule has 0 radical (unpaired) electrons. The average molecular weight is 250 g/mol. The first-order valence-electron chi connectivity index (χ1n) is 5.15. The molecule has 2 aromatic heterocycles. The third kappa shape index (κ3) is 3.41. The molecule has 0 atom stereocenters. The van der Waals surface area contributed by atoms with E-state index in [4.69, 9.17) is 22.1 Å². The number of halogens is 1. The summed E-state index contributed by atoms with van der Waals surface area (Å²) in [5.74, 6) is 0.627. The summed E-state index contributed by atoms with van der Waals surface area (Å²) >= 11 is 5.79. The fourth-order valence-electron chi connectivity index (χ4n) is 1.29. The maximum atomic E-state index is 5.79. The van der Waals surface area contributed by atoms with Crippen molar-refractivity contribution in [2.45, 2.75) is 13.2 Å². The van der Waals surface area contributed by atoms with Crippen LogP contribution in [0.3, 0.4) is 0 Å². The lowest BCUT2D eigenvalue weighted by molar-refractivity contribution is 0.300. The predicted molar refractivity (Wildman–Crippen MR) is 65.7 cm³/mol. The third-order valence-electron chi connectivity index (χ3n) is 2.19. The van der Waals surface area contributed by atoms with Gasteiger partial charge in [-0.1, -0.05) is 17.7 Å². The summed E-state index contributed by atoms with van der Waals surface area (Å²) in [6.07, 6.45) is 4.91. The van der Waals surface area contributed by atoms with Crippen LogP contribution in [0.15, 0.2) is 36.8 Å². The Hall–Kier alpha value is -1.65. The standard InChI is InChI=1S/C12H12ClN3O/c13-10-3-12(7-15-6-10)17-8-11-2-1-9(4-14)5-16-11/h1-3,5-7H,4,8,14H2. The fourth-order valence-corrected chi connectivity index (χ4v) is 1.45. The summed E-state index contributed by atoms with van der Waals surface area (Å²) < 4.78 is 5.51. The van der Waals surface area contributed by atoms with Crippen molar-refractivity contribution in [3.8, 4) is 5.75 Å². The number of aromatic nitrogens is 2. The van der Waals surface area contributed by atoms with Crippen LogP contribution < -0.4 is 10.5 Å². The van der Waals surface area contributed by atoms with Crippen molar-refractivity contribution < 1.29 is 4.74 Å². The van der Waals surface area contributed by atoms with Gasteiger partial charge in [0.05, 0.1) is 16.9 Å². The van der Waals surface area contributed by atoms with Crippen molar-refractivity contribution >= 4 is 11.6 Å². The first-order chi connectivity index (χ1) is 8.28. The smallest absolute Gasteiger partial charge is 0.139 e. The zero-order chi connectivity index (χ0) is 12.1. The number of pyridine rings is 2. The normalized spacial score (nSPS) is 10.2. The zero-order valence-electron chi connectivity index (χ0n) is 9.14. The Balaban J connectivity index is 1.97. The van der Waals surface area contributed by atoms with Gasteiger partial charge in [-0.2, -0.15) is 0 Å². The Morgan fingerprint density at radius 3 is 2.76 bits per heavy atom. The van der Waals surface area contributed by atoms with Crippen LogP contribution in [0.4, 0.5) is 0 Å². The molecule has 0 aromatic carbocycles. The van der Waals surface area contributed by atoms with Gasteiger partial charge in [-0.05, 0) is 11.6 Å². The topological polar surface area (TPSA) is 61.0 Å². The monoisotopic (exact) mass is 249 g/mol. The van der Waals surface area contributed by atoms with Crippen LogP contribution in [0.1, 0.15) is 11.3 Å². The first kappa shape index (κ1) is 11.8. The van der Waals surface area contributed by atoms with Crippen LogP contribution in [-0.2, 0) is 13.2 Å². The minimum Gasteiger partial charge on any atom is -0.486 e. The van der Waals surface area contributed by atoms with Crippen molar-refractivity contribution in [3.63, 3.8) is 0 Å². The van der Waals surface area contributed by atoms with E-state index in [1.807, 2.05) is 12.1 Å². The van der Waals surface area contributed by atoms with E-state index in [0.717, 1.165) is 11.3 Å². The van der Waals surface area contributed by atoms with Crippen LogP contribution in [0.25, 0.3) is 0 Å². The molecule has 0 aliphatic heterocycles. The third-order valence-corrected chi connectivity index (χ3v) is 2.39. The van der Waals surface area contributed by atoms with Crippen molar-refractivity contribution in [2.24, 2.45) is 5.73 Å². The van der Waals surface area contributed by atoms with Crippen molar-refractivity contribution in [3.05, 3.63) is 53.1 Å². The summed E-state index contributed by atoms with van der Waals surface area (Å²) in [5, 5.41) is 0.550. The lowest BCUT2D eigenvalue weighted by Crippen LogP contribution is -2.01. The van der Waals surface area contributed by atoms with Crippen molar-refractivity contribution in [1.82, 2.24) is 9.97 Å². The molecule has 0 fully saturated rings. The highest BCUT2D eigenvalue weighted by atomic mass is 35.5. The van der Waals surface area contributed by atoms with E-state index >= 15 is 0 Å². The van der Waals surface area contributed by atoms with Gasteiger partial charge in [-0.3, -0.25) is 9.97 Å². The number of rotatable bonds is 4. The lowest BCUT2D eigenvalue weighted by atomic mass is 10.2. The molecule has 2 heterocycles. The molecule has 0 bridgehead atoms. The Morgan fingerprint density at radius 2 is 2.12 bits per heavy atom. The molecule has 0 unspecified atom stereocenters. The Morgan fingerprint density at radius 1 is 1.24 bits per heavy atom. The number of nitrogens with two attached hydrogens (primary N) is 1. The molecule has 0 saturated heterocycles. The summed E-state index contributed by atoms with van der Waals surface area (Å²) in [6, 6.07) is 5.53. The molecule has 4 nitrogen and oxygen atoms in total. The zero-order valence-corrected chi connectivity index (χ0v) is 9.89. The van der Waals surface area contributed by atoms with E-state index in [1.54, 1.807) is 24.7 Å². The molecule has 2 aromatic rings. The number of hydrogen-bond donors (Lipinski definition) is 1. The number of hydrogen-bond acceptors (Lipinski definition) is 4. The van der Waals surface area contributed by atoms with Crippen LogP contribution in [0.2, 0.25) is 5.02 Å². The van der Waals surface area contributed by atoms with Gasteiger partial charge in [-0.15, -0.1) is 0 Å². The van der Waals surface area contributed by atoms with Gasteiger partial charge in [-0.25, -0.2) is 0 Å². The minimum atomic E-state index is 0.382. The van der Waals surface area contributed by atoms with Crippen LogP contribution in [0, 0.1) is 0 Å². The van der Waals surface area contributed by atoms with Gasteiger partial charge in [0, 0.05) is 25.0 Å². The van der Waals surface area contributed by atoms with Gasteiger partial charge in [0.1, 0.15) is 12.4 Å². The number of nitrogens with zero attached hydrogens (tertiary/aromatic N) is 2. The summed E-state index contributed by atoms with van der Waals surface area (Å²) in [4.78, 5) is 8.16. The molecule has 0 saturated carbocycles. The molecular weight excluding hydrogens is 238 g/mol. The molecule has 88 valence electrons. The van der Waals surface area contributed by atoms with Crippen LogP contribution >= 0.6 is 11.6 Å². The lowest BCUT2D eigenvalue weighted by Gasteiger charge is -2.05. The first-order valence-corrected chi connectivity index (χ1v) is 5.53. The SMILES string of the molecule is NCc1ccc(COc2cncc(Cl)c2)nc1. The molecule has 5 heteroatoms. The molecule has 0 aliphatic rings. The van der Waals surface area contributed by atoms with E-state index in [1.165, 1.54) is 0 Å². The van der Waals surface area contributed by atoms with E-state index in [9.17, 15) is 0 Å². The largest absolute Gasteiger partial charge is 0.486 e. The van der Waals surface area contributed by atoms with Crippen molar-refractivity contribution in [1.29, 1.82) is 0 Å². The highest BCUT2D eigenvalue weighted by Gasteiger charge is 1.99. The average Bonchev–Trinajstić information content (AvgIpc) is 2.37. The highest BCUT2D eigenvalue weighted by Crippen LogP contribution is 2.16. The van der Waals surface area contributed by atoms with Crippen LogP contribution in [-0.4, -0.2) is 9.97 Å². The quantitative estimate of drug-likeness (QED) is 0.902.